The van der Waals surface area contributed by atoms with E-state index in [1.807, 2.05) is 6.07 Å². The summed E-state index contributed by atoms with van der Waals surface area (Å²) < 4.78 is 23.6. The first-order valence-electron chi connectivity index (χ1n) is 3.97. The van der Waals surface area contributed by atoms with Crippen LogP contribution in [0, 0.1) is 11.3 Å². The van der Waals surface area contributed by atoms with Crippen molar-refractivity contribution in [2.45, 2.75) is 12.5 Å². The normalized spacial score (nSPS) is 13.5. The van der Waals surface area contributed by atoms with Crippen LogP contribution in [0.2, 0.25) is 0 Å². The molecule has 1 atom stereocenters. The highest BCUT2D eigenvalue weighted by Crippen LogP contribution is 2.15. The lowest BCUT2D eigenvalue weighted by atomic mass is 10.2. The van der Waals surface area contributed by atoms with Crippen LogP contribution in [-0.2, 0) is 10.0 Å². The second-order valence-corrected chi connectivity index (χ2v) is 4.82. The number of nitrogens with zero attached hydrogens (tertiary/aromatic N) is 2. The van der Waals surface area contributed by atoms with Crippen LogP contribution >= 0.6 is 0 Å². The van der Waals surface area contributed by atoms with Gasteiger partial charge in [0.25, 0.3) is 0 Å². The smallest absolute Gasteiger partial charge is 0.235 e. The number of hydrogen-bond donors (Lipinski definition) is 1. The third-order valence-electron chi connectivity index (χ3n) is 1.79. The Labute approximate surface area is 82.8 Å². The topological polar surface area (TPSA) is 88.9 Å². The summed E-state index contributed by atoms with van der Waals surface area (Å²) in [7, 11) is -3.33. The minimum Gasteiger partial charge on any atom is -0.322 e. The number of nitriles is 1. The molecule has 1 rings (SSSR count). The van der Waals surface area contributed by atoms with E-state index >= 15 is 0 Å². The Morgan fingerprint density at radius 1 is 1.71 bits per heavy atom. The van der Waals surface area contributed by atoms with E-state index in [1.54, 1.807) is 12.1 Å². The Bertz CT molecular complexity index is 455. The van der Waals surface area contributed by atoms with Crippen LogP contribution in [-0.4, -0.2) is 18.6 Å². The number of aromatic nitrogens is 1. The van der Waals surface area contributed by atoms with E-state index < -0.39 is 16.1 Å². The van der Waals surface area contributed by atoms with Crippen LogP contribution in [0.5, 0.6) is 0 Å². The lowest BCUT2D eigenvalue weighted by Gasteiger charge is -2.10. The maximum absolute atomic E-state index is 11.2. The zero-order valence-electron chi connectivity index (χ0n) is 7.71. The molecule has 76 valence electrons. The van der Waals surface area contributed by atoms with E-state index in [4.69, 9.17) is 11.0 Å². The molecule has 14 heavy (non-hydrogen) atoms. The predicted molar refractivity (Wildman–Crippen MR) is 51.8 cm³/mol. The van der Waals surface area contributed by atoms with Gasteiger partial charge in [0.05, 0.1) is 30.5 Å². The van der Waals surface area contributed by atoms with E-state index in [9.17, 15) is 8.42 Å². The monoisotopic (exact) mass is 213 g/mol. The van der Waals surface area contributed by atoms with Gasteiger partial charge < -0.3 is 5.73 Å². The van der Waals surface area contributed by atoms with Crippen molar-refractivity contribution in [2.75, 3.05) is 6.26 Å². The van der Waals surface area contributed by atoms with Crippen LogP contribution in [0.15, 0.2) is 18.3 Å². The van der Waals surface area contributed by atoms with Gasteiger partial charge in [0, 0.05) is 6.20 Å². The molecule has 0 radical (unpaired) electrons. The molecule has 0 unspecified atom stereocenters. The van der Waals surface area contributed by atoms with Crippen LogP contribution in [0.1, 0.15) is 18.2 Å². The van der Waals surface area contributed by atoms with Crippen molar-refractivity contribution in [3.8, 4) is 6.07 Å². The Morgan fingerprint density at radius 3 is 2.86 bits per heavy atom. The first-order valence-corrected chi connectivity index (χ1v) is 5.82. The highest BCUT2D eigenvalue weighted by molar-refractivity contribution is 7.89. The van der Waals surface area contributed by atoms with Crippen molar-refractivity contribution in [1.29, 1.82) is 5.26 Å². The van der Waals surface area contributed by atoms with Crippen molar-refractivity contribution in [2.24, 2.45) is 5.73 Å². The second kappa shape index (κ2) is 3.82. The molecule has 1 heterocycles. The van der Waals surface area contributed by atoms with Gasteiger partial charge in [0.15, 0.2) is 0 Å². The van der Waals surface area contributed by atoms with Gasteiger partial charge in [0.1, 0.15) is 0 Å². The molecule has 1 aromatic heterocycles. The van der Waals surface area contributed by atoms with Crippen molar-refractivity contribution in [1.82, 2.24) is 3.97 Å². The molecule has 5 nitrogen and oxygen atoms in total. The summed E-state index contributed by atoms with van der Waals surface area (Å²) in [6.45, 7) is 0. The average molecular weight is 213 g/mol. The van der Waals surface area contributed by atoms with Gasteiger partial charge >= 0.3 is 0 Å². The summed E-state index contributed by atoms with van der Waals surface area (Å²) in [6, 6.07) is 4.53. The molecule has 0 amide bonds. The highest BCUT2D eigenvalue weighted by atomic mass is 32.2. The lowest BCUT2D eigenvalue weighted by molar-refractivity contribution is 0.586. The quantitative estimate of drug-likeness (QED) is 0.777. The van der Waals surface area contributed by atoms with Crippen molar-refractivity contribution >= 4 is 10.0 Å². The molecule has 0 aliphatic heterocycles. The molecule has 2 N–H and O–H groups in total. The molecule has 1 aromatic rings. The summed E-state index contributed by atoms with van der Waals surface area (Å²) in [4.78, 5) is 0. The summed E-state index contributed by atoms with van der Waals surface area (Å²) >= 11 is 0. The first-order chi connectivity index (χ1) is 6.46. The molecular formula is C8H11N3O2S. The van der Waals surface area contributed by atoms with Crippen molar-refractivity contribution in [3.05, 3.63) is 24.0 Å². The molecule has 0 aliphatic carbocycles. The Hall–Kier alpha value is -1.32. The van der Waals surface area contributed by atoms with E-state index in [2.05, 4.69) is 0 Å². The zero-order valence-corrected chi connectivity index (χ0v) is 8.53. The lowest BCUT2D eigenvalue weighted by Crippen LogP contribution is -2.19. The van der Waals surface area contributed by atoms with E-state index in [0.717, 1.165) is 10.2 Å². The first kappa shape index (κ1) is 10.8. The van der Waals surface area contributed by atoms with E-state index in [-0.39, 0.29) is 6.42 Å². The fraction of sp³-hybridized carbons (Fsp3) is 0.375. The van der Waals surface area contributed by atoms with Crippen LogP contribution in [0.4, 0.5) is 0 Å². The zero-order chi connectivity index (χ0) is 10.8. The van der Waals surface area contributed by atoms with Gasteiger partial charge in [-0.25, -0.2) is 12.4 Å². The summed E-state index contributed by atoms with van der Waals surface area (Å²) in [5, 5.41) is 8.44. The highest BCUT2D eigenvalue weighted by Gasteiger charge is 2.15. The third kappa shape index (κ3) is 2.13. The molecule has 0 saturated heterocycles. The third-order valence-corrected chi connectivity index (χ3v) is 2.84. The number of hydrogen-bond acceptors (Lipinski definition) is 4. The minimum absolute atomic E-state index is 0.0968. The largest absolute Gasteiger partial charge is 0.322 e. The maximum Gasteiger partial charge on any atom is 0.235 e. The molecular weight excluding hydrogens is 202 g/mol. The average Bonchev–Trinajstić information content (AvgIpc) is 2.50. The van der Waals surface area contributed by atoms with Crippen LogP contribution in [0.25, 0.3) is 0 Å². The molecule has 0 saturated carbocycles. The molecule has 0 fully saturated rings. The summed E-state index contributed by atoms with van der Waals surface area (Å²) in [6.07, 6.45) is 2.61. The Kier molecular flexibility index (Phi) is 2.93. The standard InChI is InChI=1S/C8H11N3O2S/c1-14(12,13)11-6-2-3-8(11)7(10)4-5-9/h2-3,6-7H,4,10H2,1H3/t7-/m0/s1. The molecule has 0 bridgehead atoms. The fourth-order valence-corrected chi connectivity index (χ4v) is 2.04. The van der Waals surface area contributed by atoms with Crippen LogP contribution < -0.4 is 5.73 Å². The minimum atomic E-state index is -3.33. The van der Waals surface area contributed by atoms with Gasteiger partial charge in [-0.15, -0.1) is 0 Å². The maximum atomic E-state index is 11.2. The van der Waals surface area contributed by atoms with Gasteiger partial charge in [0.2, 0.25) is 10.0 Å². The number of rotatable bonds is 3. The fourth-order valence-electron chi connectivity index (χ4n) is 1.17. The predicted octanol–water partition coefficient (Wildman–Crippen LogP) is 0.209. The molecule has 0 spiro atoms. The molecule has 6 heteroatoms. The van der Waals surface area contributed by atoms with Gasteiger partial charge in [-0.1, -0.05) is 0 Å². The van der Waals surface area contributed by atoms with Gasteiger partial charge in [-0.3, -0.25) is 0 Å². The van der Waals surface area contributed by atoms with E-state index in [0.29, 0.717) is 5.69 Å². The summed E-state index contributed by atoms with van der Waals surface area (Å²) in [5.74, 6) is 0. The van der Waals surface area contributed by atoms with Crippen LogP contribution in [0.3, 0.4) is 0 Å². The SMILES string of the molecule is CS(=O)(=O)n1cccc1[C@@H](N)CC#N. The van der Waals surface area contributed by atoms with E-state index in [1.165, 1.54) is 6.20 Å². The number of nitrogens with two attached hydrogens (primary N) is 1. The van der Waals surface area contributed by atoms with Crippen molar-refractivity contribution < 1.29 is 8.42 Å². The van der Waals surface area contributed by atoms with Gasteiger partial charge in [-0.2, -0.15) is 5.26 Å². The Morgan fingerprint density at radius 2 is 2.36 bits per heavy atom. The van der Waals surface area contributed by atoms with Crippen molar-refractivity contribution in [3.63, 3.8) is 0 Å². The van der Waals surface area contributed by atoms with Gasteiger partial charge in [-0.05, 0) is 12.1 Å². The molecule has 0 aromatic carbocycles. The summed E-state index contributed by atoms with van der Waals surface area (Å²) in [5.41, 5.74) is 6.08. The second-order valence-electron chi connectivity index (χ2n) is 2.96. The molecule has 0 aliphatic rings. The Balaban J connectivity index is 3.13.